The van der Waals surface area contributed by atoms with Gasteiger partial charge in [0.1, 0.15) is 4.83 Å². The Kier molecular flexibility index (Phi) is 6.92. The Bertz CT molecular complexity index is 1390. The van der Waals surface area contributed by atoms with Gasteiger partial charge in [0, 0.05) is 40.5 Å². The van der Waals surface area contributed by atoms with Crippen LogP contribution >= 0.6 is 34.4 Å². The summed E-state index contributed by atoms with van der Waals surface area (Å²) in [7, 11) is 0. The highest BCUT2D eigenvalue weighted by atomic mass is 32.2. The minimum absolute atomic E-state index is 0.0840. The molecule has 3 aromatic heterocycles. The summed E-state index contributed by atoms with van der Waals surface area (Å²) in [5.74, 6) is -0.255. The van der Waals surface area contributed by atoms with Crippen molar-refractivity contribution >= 4 is 62.0 Å². The number of carbonyl (C=O) groups is 2. The first kappa shape index (κ1) is 23.2. The standard InChI is InChI=1S/C24H21N3O3S3/c1-4-11-27-23(30)20-18(19-6-5-12-31-19)13-32-22(20)26-24(27)33-14(2)21(29)16-7-9-17(10-8-16)25-15(3)28/h4-10,12-14H,1,11H2,2-3H3,(H,25,28). The van der Waals surface area contributed by atoms with Crippen LogP contribution in [0.4, 0.5) is 5.69 Å². The zero-order chi connectivity index (χ0) is 23.5. The number of thioether (sulfide) groups is 1. The lowest BCUT2D eigenvalue weighted by Crippen LogP contribution is -2.24. The molecule has 0 aliphatic carbocycles. The molecule has 1 amide bonds. The van der Waals surface area contributed by atoms with Crippen LogP contribution in [0.5, 0.6) is 0 Å². The van der Waals surface area contributed by atoms with Crippen LogP contribution in [0, 0.1) is 0 Å². The first-order valence-corrected chi connectivity index (χ1v) is 12.8. The number of allylic oxidation sites excluding steroid dienone is 1. The molecule has 4 aromatic rings. The third-order valence-corrected chi connectivity index (χ3v) is 7.76. The lowest BCUT2D eigenvalue weighted by molar-refractivity contribution is -0.114. The Hall–Kier alpha value is -3.01. The molecule has 9 heteroatoms. The second-order valence-electron chi connectivity index (χ2n) is 7.29. The van der Waals surface area contributed by atoms with Crippen molar-refractivity contribution in [2.75, 3.05) is 5.32 Å². The molecule has 4 rings (SSSR count). The van der Waals surface area contributed by atoms with Gasteiger partial charge in [-0.3, -0.25) is 19.0 Å². The fourth-order valence-electron chi connectivity index (χ4n) is 3.37. The minimum atomic E-state index is -0.464. The Morgan fingerprint density at radius 3 is 2.64 bits per heavy atom. The summed E-state index contributed by atoms with van der Waals surface area (Å²) in [5, 5.41) is 7.25. The van der Waals surface area contributed by atoms with E-state index in [0.717, 1.165) is 10.4 Å². The molecule has 0 spiro atoms. The Morgan fingerprint density at radius 1 is 1.24 bits per heavy atom. The fourth-order valence-corrected chi connectivity index (χ4v) is 6.16. The SMILES string of the molecule is C=CCn1c(SC(C)C(=O)c2ccc(NC(C)=O)cc2)nc2scc(-c3cccs3)c2c1=O. The monoisotopic (exact) mass is 495 g/mol. The maximum atomic E-state index is 13.4. The van der Waals surface area contributed by atoms with Gasteiger partial charge in [0.25, 0.3) is 5.56 Å². The number of benzene rings is 1. The van der Waals surface area contributed by atoms with Gasteiger partial charge in [-0.1, -0.05) is 23.9 Å². The zero-order valence-electron chi connectivity index (χ0n) is 18.0. The van der Waals surface area contributed by atoms with Crippen LogP contribution in [0.3, 0.4) is 0 Å². The molecule has 0 radical (unpaired) electrons. The van der Waals surface area contributed by atoms with Crippen molar-refractivity contribution in [2.45, 2.75) is 30.8 Å². The zero-order valence-corrected chi connectivity index (χ0v) is 20.5. The highest BCUT2D eigenvalue weighted by Crippen LogP contribution is 2.35. The first-order chi connectivity index (χ1) is 15.9. The van der Waals surface area contributed by atoms with Gasteiger partial charge >= 0.3 is 0 Å². The second-order valence-corrected chi connectivity index (χ2v) is 10.4. The van der Waals surface area contributed by atoms with Crippen molar-refractivity contribution in [1.82, 2.24) is 9.55 Å². The van der Waals surface area contributed by atoms with Crippen LogP contribution in [0.15, 0.2) is 69.8 Å². The van der Waals surface area contributed by atoms with Crippen LogP contribution < -0.4 is 10.9 Å². The Balaban J connectivity index is 1.65. The van der Waals surface area contributed by atoms with Crippen LogP contribution in [0.25, 0.3) is 20.7 Å². The first-order valence-electron chi connectivity index (χ1n) is 10.1. The van der Waals surface area contributed by atoms with E-state index < -0.39 is 5.25 Å². The molecule has 0 aliphatic rings. The lowest BCUT2D eigenvalue weighted by atomic mass is 10.1. The van der Waals surface area contributed by atoms with Crippen LogP contribution in [-0.2, 0) is 11.3 Å². The van der Waals surface area contributed by atoms with Crippen molar-refractivity contribution in [1.29, 1.82) is 0 Å². The molecule has 168 valence electrons. The molecular weight excluding hydrogens is 474 g/mol. The van der Waals surface area contributed by atoms with E-state index in [4.69, 9.17) is 4.98 Å². The number of anilines is 1. The third-order valence-electron chi connectivity index (χ3n) is 4.90. The predicted octanol–water partition coefficient (Wildman–Crippen LogP) is 5.69. The van der Waals surface area contributed by atoms with E-state index in [1.807, 2.05) is 22.9 Å². The molecule has 3 heterocycles. The molecule has 0 fully saturated rings. The number of ketones is 1. The fraction of sp³-hybridized carbons (Fsp3) is 0.167. The third kappa shape index (κ3) is 4.85. The van der Waals surface area contributed by atoms with Gasteiger partial charge in [0.05, 0.1) is 10.6 Å². The lowest BCUT2D eigenvalue weighted by Gasteiger charge is -2.14. The number of hydrogen-bond acceptors (Lipinski definition) is 7. The molecule has 6 nitrogen and oxygen atoms in total. The molecule has 0 saturated heterocycles. The van der Waals surface area contributed by atoms with Crippen molar-refractivity contribution in [3.63, 3.8) is 0 Å². The average Bonchev–Trinajstić information content (AvgIpc) is 3.46. The van der Waals surface area contributed by atoms with Crippen molar-refractivity contribution < 1.29 is 9.59 Å². The number of nitrogens with one attached hydrogen (secondary N) is 1. The Morgan fingerprint density at radius 2 is 2.00 bits per heavy atom. The van der Waals surface area contributed by atoms with E-state index in [1.54, 1.807) is 53.2 Å². The molecule has 33 heavy (non-hydrogen) atoms. The topological polar surface area (TPSA) is 81.1 Å². The summed E-state index contributed by atoms with van der Waals surface area (Å²) < 4.78 is 1.58. The quantitative estimate of drug-likeness (QED) is 0.147. The van der Waals surface area contributed by atoms with Crippen molar-refractivity contribution in [3.05, 3.63) is 75.7 Å². The van der Waals surface area contributed by atoms with E-state index in [-0.39, 0.29) is 17.2 Å². The summed E-state index contributed by atoms with van der Waals surface area (Å²) in [4.78, 5) is 44.1. The summed E-state index contributed by atoms with van der Waals surface area (Å²) in [6.45, 7) is 7.31. The van der Waals surface area contributed by atoms with Gasteiger partial charge in [-0.15, -0.1) is 29.3 Å². The van der Waals surface area contributed by atoms with Crippen molar-refractivity contribution in [2.24, 2.45) is 0 Å². The largest absolute Gasteiger partial charge is 0.326 e. The number of rotatable bonds is 8. The maximum Gasteiger partial charge on any atom is 0.263 e. The van der Waals surface area contributed by atoms with E-state index in [0.29, 0.717) is 33.2 Å². The normalized spacial score (nSPS) is 11.9. The highest BCUT2D eigenvalue weighted by Gasteiger charge is 2.22. The molecule has 0 saturated carbocycles. The number of thiophene rings is 2. The summed E-state index contributed by atoms with van der Waals surface area (Å²) in [6, 6.07) is 10.7. The van der Waals surface area contributed by atoms with Gasteiger partial charge in [-0.25, -0.2) is 4.98 Å². The van der Waals surface area contributed by atoms with Gasteiger partial charge in [0.2, 0.25) is 5.91 Å². The van der Waals surface area contributed by atoms with Gasteiger partial charge in [-0.2, -0.15) is 0 Å². The number of carbonyl (C=O) groups excluding carboxylic acids is 2. The second kappa shape index (κ2) is 9.86. The summed E-state index contributed by atoms with van der Waals surface area (Å²) in [5.41, 5.74) is 1.91. The number of Topliss-reactive ketones (excluding diaryl/α,β-unsaturated/α-hetero) is 1. The number of hydrogen-bond donors (Lipinski definition) is 1. The average molecular weight is 496 g/mol. The smallest absolute Gasteiger partial charge is 0.263 e. The van der Waals surface area contributed by atoms with Gasteiger partial charge in [-0.05, 0) is 42.6 Å². The van der Waals surface area contributed by atoms with Crippen molar-refractivity contribution in [3.8, 4) is 10.4 Å². The van der Waals surface area contributed by atoms with E-state index in [1.165, 1.54) is 30.0 Å². The van der Waals surface area contributed by atoms with Gasteiger partial charge < -0.3 is 5.32 Å². The van der Waals surface area contributed by atoms with Crippen LogP contribution in [-0.4, -0.2) is 26.5 Å². The molecule has 0 aliphatic heterocycles. The van der Waals surface area contributed by atoms with E-state index in [9.17, 15) is 14.4 Å². The molecular formula is C24H21N3O3S3. The number of fused-ring (bicyclic) bond motifs is 1. The molecule has 1 aromatic carbocycles. The number of aromatic nitrogens is 2. The van der Waals surface area contributed by atoms with E-state index in [2.05, 4.69) is 11.9 Å². The van der Waals surface area contributed by atoms with Gasteiger partial charge in [0.15, 0.2) is 10.9 Å². The molecule has 1 atom stereocenters. The predicted molar refractivity (Wildman–Crippen MR) is 138 cm³/mol. The van der Waals surface area contributed by atoms with E-state index >= 15 is 0 Å². The number of amides is 1. The van der Waals surface area contributed by atoms with Crippen LogP contribution in [0.1, 0.15) is 24.2 Å². The molecule has 0 bridgehead atoms. The Labute approximate surface area is 203 Å². The maximum absolute atomic E-state index is 13.4. The summed E-state index contributed by atoms with van der Waals surface area (Å²) in [6.07, 6.45) is 1.66. The molecule has 1 unspecified atom stereocenters. The van der Waals surface area contributed by atoms with Crippen LogP contribution in [0.2, 0.25) is 0 Å². The highest BCUT2D eigenvalue weighted by molar-refractivity contribution is 8.00. The molecule has 1 N–H and O–H groups in total. The summed E-state index contributed by atoms with van der Waals surface area (Å²) >= 11 is 4.27. The minimum Gasteiger partial charge on any atom is -0.326 e. The number of nitrogens with zero attached hydrogens (tertiary/aromatic N) is 2.